The minimum absolute atomic E-state index is 0.0556. The third-order valence-corrected chi connectivity index (χ3v) is 3.08. The quantitative estimate of drug-likeness (QED) is 0.616. The van der Waals surface area contributed by atoms with Crippen molar-refractivity contribution in [3.05, 3.63) is 35.4 Å². The largest absolute Gasteiger partial charge is 0.497 e. The second-order valence-electron chi connectivity index (χ2n) is 3.67. The number of esters is 1. The molecule has 0 saturated heterocycles. The van der Waals surface area contributed by atoms with Gasteiger partial charge >= 0.3 is 11.5 Å². The molecule has 0 atom stereocenters. The molecule has 0 aliphatic rings. The molecule has 0 fully saturated rings. The van der Waals surface area contributed by atoms with Gasteiger partial charge in [-0.1, -0.05) is 12.1 Å². The van der Waals surface area contributed by atoms with Crippen molar-refractivity contribution in [3.63, 3.8) is 0 Å². The monoisotopic (exact) mass is 306 g/mol. The lowest BCUT2D eigenvalue weighted by Crippen LogP contribution is -2.10. The lowest BCUT2D eigenvalue weighted by Gasteiger charge is -2.08. The van der Waals surface area contributed by atoms with E-state index in [1.54, 1.807) is 24.3 Å². The molecule has 3 nitrogen and oxygen atoms in total. The molecule has 1 rings (SSSR count). The lowest BCUT2D eigenvalue weighted by atomic mass is 10.1. The fourth-order valence-corrected chi connectivity index (χ4v) is 1.87. The van der Waals surface area contributed by atoms with Crippen molar-refractivity contribution >= 4 is 23.8 Å². The van der Waals surface area contributed by atoms with Crippen LogP contribution in [0.2, 0.25) is 0 Å². The summed E-state index contributed by atoms with van der Waals surface area (Å²) in [7, 11) is 2.63. The fourth-order valence-electron chi connectivity index (χ4n) is 1.35. The van der Waals surface area contributed by atoms with Crippen molar-refractivity contribution in [1.82, 2.24) is 0 Å². The van der Waals surface area contributed by atoms with Crippen LogP contribution in [-0.4, -0.2) is 31.5 Å². The van der Waals surface area contributed by atoms with Crippen molar-refractivity contribution in [1.29, 1.82) is 0 Å². The van der Waals surface area contributed by atoms with Gasteiger partial charge < -0.3 is 9.47 Å². The molecule has 0 amide bonds. The summed E-state index contributed by atoms with van der Waals surface area (Å²) in [5.41, 5.74) is -3.86. The molecule has 1 aromatic rings. The molecule has 0 unspecified atom stereocenters. The van der Waals surface area contributed by atoms with E-state index in [0.29, 0.717) is 11.3 Å². The highest BCUT2D eigenvalue weighted by molar-refractivity contribution is 8.00. The van der Waals surface area contributed by atoms with E-state index in [1.165, 1.54) is 13.2 Å². The number of rotatable bonds is 5. The zero-order chi connectivity index (χ0) is 15.2. The Morgan fingerprint density at radius 2 is 1.85 bits per heavy atom. The zero-order valence-electron chi connectivity index (χ0n) is 10.9. The van der Waals surface area contributed by atoms with Crippen LogP contribution in [-0.2, 0) is 9.53 Å². The predicted octanol–water partition coefficient (Wildman–Crippen LogP) is 3.50. The number of benzene rings is 1. The van der Waals surface area contributed by atoms with Crippen LogP contribution < -0.4 is 4.74 Å². The van der Waals surface area contributed by atoms with Gasteiger partial charge in [-0.2, -0.15) is 13.2 Å². The van der Waals surface area contributed by atoms with E-state index in [9.17, 15) is 18.0 Å². The summed E-state index contributed by atoms with van der Waals surface area (Å²) in [5, 5.41) is 0. The SMILES string of the molecule is COC(=O)/C(=C/c1ccc(OC)cc1)CSC(F)(F)F. The van der Waals surface area contributed by atoms with Crippen LogP contribution in [0, 0.1) is 0 Å². The number of carbonyl (C=O) groups is 1. The van der Waals surface area contributed by atoms with Crippen LogP contribution in [0.3, 0.4) is 0 Å². The highest BCUT2D eigenvalue weighted by Crippen LogP contribution is 2.32. The highest BCUT2D eigenvalue weighted by Gasteiger charge is 2.29. The molecule has 0 aromatic heterocycles. The summed E-state index contributed by atoms with van der Waals surface area (Å²) in [4.78, 5) is 11.5. The molecule has 0 N–H and O–H groups in total. The van der Waals surface area contributed by atoms with Gasteiger partial charge in [0.2, 0.25) is 0 Å². The van der Waals surface area contributed by atoms with E-state index in [0.717, 1.165) is 7.11 Å². The van der Waals surface area contributed by atoms with Gasteiger partial charge in [0, 0.05) is 11.3 Å². The Hall–Kier alpha value is -1.63. The molecular weight excluding hydrogens is 293 g/mol. The van der Waals surface area contributed by atoms with E-state index in [4.69, 9.17) is 4.74 Å². The molecule has 0 aliphatic heterocycles. The maximum Gasteiger partial charge on any atom is 0.442 e. The molecule has 0 spiro atoms. The lowest BCUT2D eigenvalue weighted by molar-refractivity contribution is -0.135. The first-order chi connectivity index (χ1) is 9.35. The van der Waals surface area contributed by atoms with Crippen molar-refractivity contribution in [2.45, 2.75) is 5.51 Å². The summed E-state index contributed by atoms with van der Waals surface area (Å²) in [5.74, 6) is -0.661. The number of halogens is 3. The summed E-state index contributed by atoms with van der Waals surface area (Å²) >= 11 is -0.282. The average Bonchev–Trinajstić information content (AvgIpc) is 2.42. The second kappa shape index (κ2) is 7.23. The molecular formula is C13H13F3O3S. The smallest absolute Gasteiger partial charge is 0.442 e. The Bertz CT molecular complexity index is 481. The van der Waals surface area contributed by atoms with Crippen LogP contribution in [0.1, 0.15) is 5.56 Å². The van der Waals surface area contributed by atoms with Crippen LogP contribution in [0.5, 0.6) is 5.75 Å². The van der Waals surface area contributed by atoms with Gasteiger partial charge in [0.05, 0.1) is 14.2 Å². The number of alkyl halides is 3. The number of ether oxygens (including phenoxy) is 2. The van der Waals surface area contributed by atoms with E-state index >= 15 is 0 Å². The van der Waals surface area contributed by atoms with Gasteiger partial charge in [-0.25, -0.2) is 4.79 Å². The number of hydrogen-bond acceptors (Lipinski definition) is 4. The molecule has 0 heterocycles. The molecule has 7 heteroatoms. The Morgan fingerprint density at radius 1 is 1.25 bits per heavy atom. The van der Waals surface area contributed by atoms with Gasteiger partial charge in [-0.05, 0) is 35.5 Å². The van der Waals surface area contributed by atoms with E-state index in [2.05, 4.69) is 4.74 Å². The van der Waals surface area contributed by atoms with E-state index in [1.807, 2.05) is 0 Å². The summed E-state index contributed by atoms with van der Waals surface area (Å²) in [6.07, 6.45) is 1.37. The van der Waals surface area contributed by atoms with Gasteiger partial charge in [-0.3, -0.25) is 0 Å². The highest BCUT2D eigenvalue weighted by atomic mass is 32.2. The number of methoxy groups -OCH3 is 2. The Labute approximate surface area is 118 Å². The van der Waals surface area contributed by atoms with E-state index < -0.39 is 17.2 Å². The standard InChI is InChI=1S/C13H13F3O3S/c1-18-11-5-3-9(4-6-11)7-10(12(17)19-2)8-20-13(14,15)16/h3-7H,8H2,1-2H3/b10-7+. The van der Waals surface area contributed by atoms with Gasteiger partial charge in [0.15, 0.2) is 0 Å². The van der Waals surface area contributed by atoms with Gasteiger partial charge in [0.25, 0.3) is 0 Å². The van der Waals surface area contributed by atoms with Crippen molar-refractivity contribution in [2.75, 3.05) is 20.0 Å². The predicted molar refractivity (Wildman–Crippen MR) is 71.5 cm³/mol. The Balaban J connectivity index is 2.90. The minimum Gasteiger partial charge on any atom is -0.497 e. The third-order valence-electron chi connectivity index (χ3n) is 2.30. The molecule has 0 radical (unpaired) electrons. The van der Waals surface area contributed by atoms with Crippen molar-refractivity contribution < 1.29 is 27.4 Å². The third kappa shape index (κ3) is 5.56. The van der Waals surface area contributed by atoms with Crippen LogP contribution in [0.25, 0.3) is 6.08 Å². The maximum atomic E-state index is 12.2. The minimum atomic E-state index is -4.40. The first-order valence-electron chi connectivity index (χ1n) is 5.49. The summed E-state index contributed by atoms with van der Waals surface area (Å²) in [6, 6.07) is 6.58. The molecule has 0 saturated carbocycles. The zero-order valence-corrected chi connectivity index (χ0v) is 11.7. The molecule has 20 heavy (non-hydrogen) atoms. The van der Waals surface area contributed by atoms with Crippen LogP contribution in [0.4, 0.5) is 13.2 Å². The first kappa shape index (κ1) is 16.4. The van der Waals surface area contributed by atoms with Gasteiger partial charge in [0.1, 0.15) is 5.75 Å². The number of carbonyl (C=O) groups excluding carboxylic acids is 1. The molecule has 0 aliphatic carbocycles. The number of hydrogen-bond donors (Lipinski definition) is 0. The first-order valence-corrected chi connectivity index (χ1v) is 6.48. The Kier molecular flexibility index (Phi) is 5.94. The normalized spacial score (nSPS) is 12.2. The summed E-state index contributed by atoms with van der Waals surface area (Å²) < 4.78 is 46.0. The van der Waals surface area contributed by atoms with Crippen molar-refractivity contribution in [2.24, 2.45) is 0 Å². The van der Waals surface area contributed by atoms with E-state index in [-0.39, 0.29) is 17.3 Å². The summed E-state index contributed by atoms with van der Waals surface area (Å²) in [6.45, 7) is 0. The molecule has 110 valence electrons. The second-order valence-corrected chi connectivity index (χ2v) is 4.71. The molecule has 1 aromatic carbocycles. The fraction of sp³-hybridized carbons (Fsp3) is 0.308. The topological polar surface area (TPSA) is 35.5 Å². The maximum absolute atomic E-state index is 12.2. The van der Waals surface area contributed by atoms with Crippen LogP contribution in [0.15, 0.2) is 29.8 Å². The van der Waals surface area contributed by atoms with Crippen LogP contribution >= 0.6 is 11.8 Å². The molecule has 0 bridgehead atoms. The van der Waals surface area contributed by atoms with Crippen molar-refractivity contribution in [3.8, 4) is 5.75 Å². The average molecular weight is 306 g/mol. The Morgan fingerprint density at radius 3 is 2.30 bits per heavy atom. The van der Waals surface area contributed by atoms with Gasteiger partial charge in [-0.15, -0.1) is 0 Å². The number of thioether (sulfide) groups is 1.